The lowest BCUT2D eigenvalue weighted by Gasteiger charge is -2.31. The van der Waals surface area contributed by atoms with Crippen LogP contribution in [0.5, 0.6) is 11.5 Å². The van der Waals surface area contributed by atoms with Gasteiger partial charge in [0.2, 0.25) is 6.79 Å². The zero-order valence-electron chi connectivity index (χ0n) is 16.0. The van der Waals surface area contributed by atoms with Crippen LogP contribution in [0.2, 0.25) is 0 Å². The van der Waals surface area contributed by atoms with E-state index in [0.717, 1.165) is 76.1 Å². The lowest BCUT2D eigenvalue weighted by molar-refractivity contribution is 0.0338. The zero-order chi connectivity index (χ0) is 18.8. The van der Waals surface area contributed by atoms with Crippen LogP contribution in [0.1, 0.15) is 12.0 Å². The van der Waals surface area contributed by atoms with Crippen molar-refractivity contribution in [1.29, 1.82) is 0 Å². The number of nitrogens with zero attached hydrogens (tertiary/aromatic N) is 4. The molecule has 0 atom stereocenters. The van der Waals surface area contributed by atoms with Crippen molar-refractivity contribution < 1.29 is 14.2 Å². The minimum atomic E-state index is 0.290. The van der Waals surface area contributed by atoms with Crippen LogP contribution in [-0.4, -0.2) is 78.9 Å². The van der Waals surface area contributed by atoms with Gasteiger partial charge in [0, 0.05) is 57.1 Å². The largest absolute Gasteiger partial charge is 0.454 e. The normalized spacial score (nSPS) is 20.4. The Kier molecular flexibility index (Phi) is 5.03. The molecule has 0 bridgehead atoms. The number of hydrogen-bond donors (Lipinski definition) is 0. The summed E-state index contributed by atoms with van der Waals surface area (Å²) in [7, 11) is 0. The highest BCUT2D eigenvalue weighted by Crippen LogP contribution is 2.33. The minimum Gasteiger partial charge on any atom is -0.454 e. The quantitative estimate of drug-likeness (QED) is 0.789. The molecule has 0 N–H and O–H groups in total. The number of rotatable bonds is 5. The lowest BCUT2D eigenvalue weighted by atomic mass is 10.0. The Labute approximate surface area is 165 Å². The molecule has 2 aromatic rings. The number of ether oxygens (including phenoxy) is 3. The number of benzene rings is 1. The van der Waals surface area contributed by atoms with Gasteiger partial charge in [-0.1, -0.05) is 6.08 Å². The summed E-state index contributed by atoms with van der Waals surface area (Å²) >= 11 is 0. The van der Waals surface area contributed by atoms with Crippen molar-refractivity contribution in [2.24, 2.45) is 0 Å². The van der Waals surface area contributed by atoms with E-state index in [1.54, 1.807) is 0 Å². The molecule has 0 spiro atoms. The van der Waals surface area contributed by atoms with Gasteiger partial charge in [-0.2, -0.15) is 5.10 Å². The number of fused-ring (bicyclic) bond motifs is 1. The van der Waals surface area contributed by atoms with E-state index < -0.39 is 0 Å². The van der Waals surface area contributed by atoms with Crippen molar-refractivity contribution in [2.75, 3.05) is 59.3 Å². The zero-order valence-corrected chi connectivity index (χ0v) is 16.0. The summed E-state index contributed by atoms with van der Waals surface area (Å²) < 4.78 is 18.2. The van der Waals surface area contributed by atoms with Gasteiger partial charge in [-0.3, -0.25) is 9.80 Å². The first-order valence-corrected chi connectivity index (χ1v) is 10.0. The molecule has 0 aliphatic carbocycles. The molecule has 5 rings (SSSR count). The third-order valence-corrected chi connectivity index (χ3v) is 5.70. The Balaban J connectivity index is 1.20. The van der Waals surface area contributed by atoms with Crippen LogP contribution in [0.3, 0.4) is 0 Å². The van der Waals surface area contributed by atoms with Gasteiger partial charge in [0.05, 0.1) is 25.1 Å². The Morgan fingerprint density at radius 3 is 2.68 bits per heavy atom. The smallest absolute Gasteiger partial charge is 0.231 e. The molecule has 7 nitrogen and oxygen atoms in total. The standard InChI is InChI=1S/C21H26N4O3/c1-2-20-21(28-16-27-20)13-19(1)25-15-18(14-22-25)17-3-5-23(6-4-17)7-8-24-9-11-26-12-10-24/h1-3,13-15H,4-12,16H2. The van der Waals surface area contributed by atoms with Gasteiger partial charge in [0.25, 0.3) is 0 Å². The van der Waals surface area contributed by atoms with Crippen molar-refractivity contribution in [3.63, 3.8) is 0 Å². The fraction of sp³-hybridized carbons (Fsp3) is 0.476. The fourth-order valence-corrected chi connectivity index (χ4v) is 3.94. The third kappa shape index (κ3) is 3.78. The Bertz CT molecular complexity index is 857. The maximum atomic E-state index is 5.47. The second kappa shape index (κ2) is 7.95. The number of morpholine rings is 1. The van der Waals surface area contributed by atoms with Crippen LogP contribution in [-0.2, 0) is 4.74 Å². The first-order chi connectivity index (χ1) is 13.8. The molecule has 3 aliphatic rings. The summed E-state index contributed by atoms with van der Waals surface area (Å²) in [5, 5.41) is 4.55. The Morgan fingerprint density at radius 2 is 1.82 bits per heavy atom. The van der Waals surface area contributed by atoms with Crippen LogP contribution in [0, 0.1) is 0 Å². The molecule has 7 heteroatoms. The van der Waals surface area contributed by atoms with Crippen molar-refractivity contribution in [3.05, 3.63) is 42.2 Å². The fourth-order valence-electron chi connectivity index (χ4n) is 3.94. The maximum Gasteiger partial charge on any atom is 0.231 e. The molecule has 28 heavy (non-hydrogen) atoms. The molecule has 1 aromatic heterocycles. The molecule has 1 aromatic carbocycles. The predicted molar refractivity (Wildman–Crippen MR) is 106 cm³/mol. The molecule has 0 unspecified atom stereocenters. The summed E-state index contributed by atoms with van der Waals surface area (Å²) in [5.74, 6) is 1.57. The maximum absolute atomic E-state index is 5.47. The highest BCUT2D eigenvalue weighted by molar-refractivity contribution is 5.66. The third-order valence-electron chi connectivity index (χ3n) is 5.70. The van der Waals surface area contributed by atoms with Gasteiger partial charge in [0.15, 0.2) is 11.5 Å². The molecule has 0 amide bonds. The van der Waals surface area contributed by atoms with Gasteiger partial charge < -0.3 is 14.2 Å². The van der Waals surface area contributed by atoms with Gasteiger partial charge in [-0.25, -0.2) is 4.68 Å². The second-order valence-electron chi connectivity index (χ2n) is 7.45. The lowest BCUT2D eigenvalue weighted by Crippen LogP contribution is -2.42. The van der Waals surface area contributed by atoms with Crippen LogP contribution in [0.4, 0.5) is 0 Å². The van der Waals surface area contributed by atoms with E-state index in [0.29, 0.717) is 0 Å². The monoisotopic (exact) mass is 382 g/mol. The summed E-state index contributed by atoms with van der Waals surface area (Å²) in [6.45, 7) is 8.53. The van der Waals surface area contributed by atoms with Crippen molar-refractivity contribution in [1.82, 2.24) is 19.6 Å². The van der Waals surface area contributed by atoms with E-state index in [2.05, 4.69) is 27.2 Å². The van der Waals surface area contributed by atoms with Gasteiger partial charge in [-0.05, 0) is 24.1 Å². The summed E-state index contributed by atoms with van der Waals surface area (Å²) in [6, 6.07) is 5.92. The van der Waals surface area contributed by atoms with E-state index in [1.807, 2.05) is 29.1 Å². The Hall–Kier alpha value is -2.35. The molecule has 4 heterocycles. The van der Waals surface area contributed by atoms with Gasteiger partial charge in [0.1, 0.15) is 0 Å². The molecule has 0 radical (unpaired) electrons. The first kappa shape index (κ1) is 17.7. The average molecular weight is 382 g/mol. The molecule has 3 aliphatic heterocycles. The van der Waals surface area contributed by atoms with Crippen LogP contribution in [0.15, 0.2) is 36.7 Å². The van der Waals surface area contributed by atoms with Crippen molar-refractivity contribution >= 4 is 5.57 Å². The second-order valence-corrected chi connectivity index (χ2v) is 7.45. The summed E-state index contributed by atoms with van der Waals surface area (Å²) in [6.07, 6.45) is 7.48. The topological polar surface area (TPSA) is 52.0 Å². The van der Waals surface area contributed by atoms with Crippen molar-refractivity contribution in [3.8, 4) is 17.2 Å². The molecular formula is C21H26N4O3. The average Bonchev–Trinajstić information content (AvgIpc) is 3.42. The molecular weight excluding hydrogens is 356 g/mol. The summed E-state index contributed by atoms with van der Waals surface area (Å²) in [4.78, 5) is 5.03. The van der Waals surface area contributed by atoms with Crippen molar-refractivity contribution in [2.45, 2.75) is 6.42 Å². The van der Waals surface area contributed by atoms with E-state index in [4.69, 9.17) is 14.2 Å². The van der Waals surface area contributed by atoms with Crippen LogP contribution < -0.4 is 9.47 Å². The molecule has 1 saturated heterocycles. The SMILES string of the molecule is C1=C(c2cnn(-c3ccc4c(c3)OCO4)c2)CCN(CCN2CCOCC2)C1. The van der Waals surface area contributed by atoms with Crippen LogP contribution >= 0.6 is 0 Å². The van der Waals surface area contributed by atoms with Gasteiger partial charge in [-0.15, -0.1) is 0 Å². The first-order valence-electron chi connectivity index (χ1n) is 10.0. The minimum absolute atomic E-state index is 0.290. The molecule has 1 fully saturated rings. The highest BCUT2D eigenvalue weighted by Gasteiger charge is 2.18. The molecule has 0 saturated carbocycles. The predicted octanol–water partition coefficient (Wildman–Crippen LogP) is 2.02. The van der Waals surface area contributed by atoms with E-state index >= 15 is 0 Å². The number of hydrogen-bond acceptors (Lipinski definition) is 6. The highest BCUT2D eigenvalue weighted by atomic mass is 16.7. The number of aromatic nitrogens is 2. The van der Waals surface area contributed by atoms with E-state index in [-0.39, 0.29) is 6.79 Å². The van der Waals surface area contributed by atoms with Gasteiger partial charge >= 0.3 is 0 Å². The summed E-state index contributed by atoms with van der Waals surface area (Å²) in [5.41, 5.74) is 3.57. The molecule has 148 valence electrons. The Morgan fingerprint density at radius 1 is 0.964 bits per heavy atom. The van der Waals surface area contributed by atoms with E-state index in [1.165, 1.54) is 11.1 Å². The van der Waals surface area contributed by atoms with E-state index in [9.17, 15) is 0 Å². The van der Waals surface area contributed by atoms with Crippen LogP contribution in [0.25, 0.3) is 11.3 Å².